The van der Waals surface area contributed by atoms with Crippen LogP contribution in [0.2, 0.25) is 0 Å². The molecule has 0 aromatic carbocycles. The van der Waals surface area contributed by atoms with Crippen molar-refractivity contribution >= 4 is 17.6 Å². The zero-order chi connectivity index (χ0) is 12.8. The third-order valence-corrected chi connectivity index (χ3v) is 3.11. The Morgan fingerprint density at radius 3 is 3.06 bits per heavy atom. The fraction of sp³-hybridized carbons (Fsp3) is 0.500. The van der Waals surface area contributed by atoms with E-state index in [1.54, 1.807) is 6.92 Å². The van der Waals surface area contributed by atoms with Crippen molar-refractivity contribution in [3.05, 3.63) is 22.1 Å². The molecule has 0 aliphatic carbocycles. The van der Waals surface area contributed by atoms with E-state index in [-0.39, 0.29) is 16.6 Å². The Bertz CT molecular complexity index is 458. The number of amidine groups is 1. The lowest BCUT2D eigenvalue weighted by Gasteiger charge is -2.08. The van der Waals surface area contributed by atoms with Gasteiger partial charge in [0.25, 0.3) is 5.56 Å². The monoisotopic (exact) mass is 256 g/mol. The van der Waals surface area contributed by atoms with E-state index in [2.05, 4.69) is 15.1 Å². The highest BCUT2D eigenvalue weighted by Crippen LogP contribution is 2.18. The Balaban J connectivity index is 2.87. The molecule has 0 fully saturated rings. The number of rotatable bonds is 5. The summed E-state index contributed by atoms with van der Waals surface area (Å²) in [6.07, 6.45) is 1.69. The van der Waals surface area contributed by atoms with Crippen LogP contribution in [0.4, 0.5) is 0 Å². The molecule has 0 saturated heterocycles. The molecule has 0 aliphatic rings. The smallest absolute Gasteiger partial charge is 0.251 e. The quantitative estimate of drug-likeness (QED) is 0.182. The van der Waals surface area contributed by atoms with Crippen LogP contribution in [0.5, 0.6) is 0 Å². The highest BCUT2D eigenvalue weighted by molar-refractivity contribution is 8.00. The molecular formula is C10H16N4O2S. The standard InChI is InChI=1S/C10H16N4O2S/c1-3-4-7-5-8(15)13-10(12-7)17-6(2)9(11)14-16/h5-6,16H,3-4H2,1-2H3,(H2,11,14)(H,12,13,15). The van der Waals surface area contributed by atoms with Crippen LogP contribution in [0, 0.1) is 0 Å². The van der Waals surface area contributed by atoms with Crippen LogP contribution in [0.3, 0.4) is 0 Å². The molecule has 7 heteroatoms. The maximum Gasteiger partial charge on any atom is 0.251 e. The second-order valence-electron chi connectivity index (χ2n) is 3.58. The molecule has 0 amide bonds. The summed E-state index contributed by atoms with van der Waals surface area (Å²) in [5, 5.41) is 11.7. The summed E-state index contributed by atoms with van der Waals surface area (Å²) in [5.41, 5.74) is 6.03. The van der Waals surface area contributed by atoms with Gasteiger partial charge in [0.2, 0.25) is 0 Å². The van der Waals surface area contributed by atoms with Gasteiger partial charge in [0, 0.05) is 11.8 Å². The summed E-state index contributed by atoms with van der Waals surface area (Å²) < 4.78 is 0. The first-order valence-corrected chi connectivity index (χ1v) is 6.19. The van der Waals surface area contributed by atoms with Crippen molar-refractivity contribution in [3.63, 3.8) is 0 Å². The number of thioether (sulfide) groups is 1. The van der Waals surface area contributed by atoms with Crippen molar-refractivity contribution in [2.24, 2.45) is 10.9 Å². The Morgan fingerprint density at radius 1 is 1.76 bits per heavy atom. The minimum absolute atomic E-state index is 0.0959. The van der Waals surface area contributed by atoms with Gasteiger partial charge in [0.1, 0.15) is 0 Å². The van der Waals surface area contributed by atoms with Crippen molar-refractivity contribution in [2.45, 2.75) is 37.1 Å². The number of oxime groups is 1. The third kappa shape index (κ3) is 4.10. The number of hydrogen-bond acceptors (Lipinski definition) is 5. The van der Waals surface area contributed by atoms with Gasteiger partial charge in [-0.2, -0.15) is 0 Å². The topological polar surface area (TPSA) is 104 Å². The Kier molecular flexibility index (Phi) is 5.02. The molecule has 1 aromatic rings. The van der Waals surface area contributed by atoms with E-state index in [1.165, 1.54) is 17.8 Å². The van der Waals surface area contributed by atoms with Gasteiger partial charge in [0.05, 0.1) is 5.25 Å². The van der Waals surface area contributed by atoms with Gasteiger partial charge >= 0.3 is 0 Å². The molecule has 1 unspecified atom stereocenters. The van der Waals surface area contributed by atoms with E-state index < -0.39 is 0 Å². The van der Waals surface area contributed by atoms with Crippen LogP contribution >= 0.6 is 11.8 Å². The number of nitrogens with zero attached hydrogens (tertiary/aromatic N) is 2. The molecule has 1 rings (SSSR count). The van der Waals surface area contributed by atoms with E-state index in [0.717, 1.165) is 18.5 Å². The predicted octanol–water partition coefficient (Wildman–Crippen LogP) is 0.949. The second-order valence-corrected chi connectivity index (χ2v) is 4.91. The predicted molar refractivity (Wildman–Crippen MR) is 67.6 cm³/mol. The molecule has 94 valence electrons. The van der Waals surface area contributed by atoms with Crippen LogP contribution in [0.25, 0.3) is 0 Å². The molecule has 6 nitrogen and oxygen atoms in total. The first-order valence-electron chi connectivity index (χ1n) is 5.31. The average molecular weight is 256 g/mol. The van der Waals surface area contributed by atoms with Crippen molar-refractivity contribution < 1.29 is 5.21 Å². The van der Waals surface area contributed by atoms with Gasteiger partial charge in [-0.1, -0.05) is 30.3 Å². The molecule has 0 aliphatic heterocycles. The minimum Gasteiger partial charge on any atom is -0.409 e. The normalized spacial score (nSPS) is 13.6. The van der Waals surface area contributed by atoms with E-state index in [9.17, 15) is 4.79 Å². The molecule has 0 radical (unpaired) electrons. The van der Waals surface area contributed by atoms with Gasteiger partial charge in [-0.05, 0) is 13.3 Å². The largest absolute Gasteiger partial charge is 0.409 e. The Hall–Kier alpha value is -1.50. The number of aromatic amines is 1. The number of nitrogens with two attached hydrogens (primary N) is 1. The van der Waals surface area contributed by atoms with Crippen molar-refractivity contribution in [3.8, 4) is 0 Å². The maximum absolute atomic E-state index is 11.4. The summed E-state index contributed by atoms with van der Waals surface area (Å²) in [5.74, 6) is 0.0959. The highest BCUT2D eigenvalue weighted by atomic mass is 32.2. The van der Waals surface area contributed by atoms with Gasteiger partial charge in [-0.15, -0.1) is 0 Å². The maximum atomic E-state index is 11.4. The summed E-state index contributed by atoms with van der Waals surface area (Å²) in [6.45, 7) is 3.79. The zero-order valence-corrected chi connectivity index (χ0v) is 10.6. The summed E-state index contributed by atoms with van der Waals surface area (Å²) >= 11 is 1.25. The lowest BCUT2D eigenvalue weighted by atomic mass is 10.2. The van der Waals surface area contributed by atoms with Crippen LogP contribution in [-0.4, -0.2) is 26.3 Å². The molecule has 0 saturated carbocycles. The third-order valence-electron chi connectivity index (χ3n) is 2.10. The van der Waals surface area contributed by atoms with Crippen molar-refractivity contribution in [2.75, 3.05) is 0 Å². The molecule has 1 aromatic heterocycles. The number of nitrogens with one attached hydrogen (secondary N) is 1. The van der Waals surface area contributed by atoms with E-state index >= 15 is 0 Å². The molecular weight excluding hydrogens is 240 g/mol. The SMILES string of the molecule is CCCc1cc(=O)[nH]c(SC(C)C(N)=NO)n1. The first-order chi connectivity index (χ1) is 8.06. The van der Waals surface area contributed by atoms with E-state index in [0.29, 0.717) is 5.16 Å². The average Bonchev–Trinajstić information content (AvgIpc) is 2.27. The van der Waals surface area contributed by atoms with Gasteiger partial charge in [-0.25, -0.2) is 4.98 Å². The van der Waals surface area contributed by atoms with Crippen molar-refractivity contribution in [1.82, 2.24) is 9.97 Å². The number of hydrogen-bond donors (Lipinski definition) is 3. The Morgan fingerprint density at radius 2 is 2.47 bits per heavy atom. The number of H-pyrrole nitrogens is 1. The van der Waals surface area contributed by atoms with Crippen LogP contribution in [0.1, 0.15) is 26.0 Å². The Labute approximate surface area is 103 Å². The molecule has 17 heavy (non-hydrogen) atoms. The molecule has 0 spiro atoms. The van der Waals surface area contributed by atoms with E-state index in [1.807, 2.05) is 6.92 Å². The second kappa shape index (κ2) is 6.29. The molecule has 1 atom stereocenters. The number of aromatic nitrogens is 2. The first kappa shape index (κ1) is 13.6. The van der Waals surface area contributed by atoms with Crippen LogP contribution < -0.4 is 11.3 Å². The molecule has 4 N–H and O–H groups in total. The van der Waals surface area contributed by atoms with Crippen LogP contribution in [-0.2, 0) is 6.42 Å². The fourth-order valence-corrected chi connectivity index (χ4v) is 2.06. The summed E-state index contributed by atoms with van der Waals surface area (Å²) in [7, 11) is 0. The van der Waals surface area contributed by atoms with Gasteiger partial charge in [-0.3, -0.25) is 4.79 Å². The zero-order valence-electron chi connectivity index (χ0n) is 9.80. The lowest BCUT2D eigenvalue weighted by Crippen LogP contribution is -2.24. The summed E-state index contributed by atoms with van der Waals surface area (Å²) in [4.78, 5) is 18.3. The van der Waals surface area contributed by atoms with Gasteiger partial charge < -0.3 is 15.9 Å². The number of aryl methyl sites for hydroxylation is 1. The van der Waals surface area contributed by atoms with Crippen LogP contribution in [0.15, 0.2) is 21.2 Å². The highest BCUT2D eigenvalue weighted by Gasteiger charge is 2.11. The van der Waals surface area contributed by atoms with E-state index in [4.69, 9.17) is 10.9 Å². The lowest BCUT2D eigenvalue weighted by molar-refractivity contribution is 0.317. The molecule has 0 bridgehead atoms. The van der Waals surface area contributed by atoms with Gasteiger partial charge in [0.15, 0.2) is 11.0 Å². The molecule has 1 heterocycles. The summed E-state index contributed by atoms with van der Waals surface area (Å²) in [6, 6.07) is 1.49. The fourth-order valence-electron chi connectivity index (χ4n) is 1.23. The van der Waals surface area contributed by atoms with Crippen molar-refractivity contribution in [1.29, 1.82) is 0 Å². The minimum atomic E-state index is -0.250.